The lowest BCUT2D eigenvalue weighted by Gasteiger charge is -2.14. The molecular weight excluding hydrogens is 438 g/mol. The maximum Gasteiger partial charge on any atom is 0.407 e. The van der Waals surface area contributed by atoms with E-state index in [-0.39, 0.29) is 36.7 Å². The van der Waals surface area contributed by atoms with Gasteiger partial charge >= 0.3 is 12.1 Å². The number of amides is 2. The van der Waals surface area contributed by atoms with Gasteiger partial charge in [0, 0.05) is 18.9 Å². The van der Waals surface area contributed by atoms with E-state index in [1.54, 1.807) is 0 Å². The van der Waals surface area contributed by atoms with Crippen molar-refractivity contribution in [1.29, 1.82) is 0 Å². The number of carboxylic acids is 1. The third-order valence-electron chi connectivity index (χ3n) is 5.74. The Morgan fingerprint density at radius 2 is 1.65 bits per heavy atom. The number of hydrogen-bond donors (Lipinski definition) is 3. The van der Waals surface area contributed by atoms with Crippen LogP contribution < -0.4 is 10.6 Å². The Morgan fingerprint density at radius 3 is 2.32 bits per heavy atom. The highest BCUT2D eigenvalue weighted by molar-refractivity contribution is 5.94. The van der Waals surface area contributed by atoms with Gasteiger partial charge < -0.3 is 25.0 Å². The molecule has 2 amide bonds. The molecule has 4 rings (SSSR count). The monoisotopic (exact) mass is 463 g/mol. The van der Waals surface area contributed by atoms with Crippen LogP contribution in [0.3, 0.4) is 0 Å². The van der Waals surface area contributed by atoms with Crippen LogP contribution in [-0.4, -0.2) is 41.4 Å². The first-order valence-corrected chi connectivity index (χ1v) is 11.1. The number of benzene rings is 2. The molecule has 1 aliphatic rings. The summed E-state index contributed by atoms with van der Waals surface area (Å²) in [4.78, 5) is 35.2. The number of unbranched alkanes of at least 4 members (excludes halogenated alkanes) is 1. The van der Waals surface area contributed by atoms with Crippen LogP contribution in [-0.2, 0) is 16.1 Å². The lowest BCUT2D eigenvalue weighted by Crippen LogP contribution is -2.29. The number of nitrogens with zero attached hydrogens (tertiary/aromatic N) is 1. The minimum Gasteiger partial charge on any atom is -0.481 e. The Hall–Kier alpha value is -4.14. The first-order chi connectivity index (χ1) is 16.5. The molecule has 3 N–H and O–H groups in total. The molecule has 1 heterocycles. The molecule has 2 aromatic carbocycles. The van der Waals surface area contributed by atoms with E-state index in [4.69, 9.17) is 14.4 Å². The van der Waals surface area contributed by atoms with Crippen LogP contribution in [0.2, 0.25) is 0 Å². The quantitative estimate of drug-likeness (QED) is 0.391. The molecule has 0 saturated carbocycles. The van der Waals surface area contributed by atoms with E-state index >= 15 is 0 Å². The number of rotatable bonds is 10. The number of carboxylic acid groups (broad SMARTS) is 1. The second kappa shape index (κ2) is 10.7. The fraction of sp³-hybridized carbons (Fsp3) is 0.280. The number of alkyl carbamates (subject to hydrolysis) is 1. The van der Waals surface area contributed by atoms with E-state index < -0.39 is 18.0 Å². The van der Waals surface area contributed by atoms with Gasteiger partial charge in [0.1, 0.15) is 24.1 Å². The number of carbonyl (C=O) groups is 3. The van der Waals surface area contributed by atoms with Gasteiger partial charge in [-0.2, -0.15) is 0 Å². The standard InChI is InChI=1S/C25H25N3O6/c29-23(30)11-5-6-12-26-24(31)21-15-34-28-22(21)13-27-25(32)33-14-20-18-9-3-1-7-16(18)17-8-2-4-10-19(17)20/h1-4,7-10,15,20H,5-6,11-14H2,(H,26,31)(H,27,32)(H,29,30). The molecule has 34 heavy (non-hydrogen) atoms. The Labute approximate surface area is 196 Å². The zero-order valence-electron chi connectivity index (χ0n) is 18.5. The molecule has 3 aromatic rings. The molecule has 0 bridgehead atoms. The number of carbonyl (C=O) groups excluding carboxylic acids is 2. The fourth-order valence-corrected chi connectivity index (χ4v) is 4.08. The summed E-state index contributed by atoms with van der Waals surface area (Å²) in [6, 6.07) is 16.2. The van der Waals surface area contributed by atoms with E-state index in [0.29, 0.717) is 19.4 Å². The van der Waals surface area contributed by atoms with E-state index in [0.717, 1.165) is 22.3 Å². The number of aliphatic carboxylic acids is 1. The lowest BCUT2D eigenvalue weighted by atomic mass is 9.98. The molecule has 0 fully saturated rings. The highest BCUT2D eigenvalue weighted by atomic mass is 16.5. The van der Waals surface area contributed by atoms with Crippen LogP contribution in [0.1, 0.15) is 52.4 Å². The summed E-state index contributed by atoms with van der Waals surface area (Å²) in [6.45, 7) is 0.480. The summed E-state index contributed by atoms with van der Waals surface area (Å²) in [6.07, 6.45) is 1.65. The van der Waals surface area contributed by atoms with E-state index in [2.05, 4.69) is 27.9 Å². The molecule has 0 aliphatic heterocycles. The Bertz CT molecular complexity index is 1140. The number of hydrogen-bond acceptors (Lipinski definition) is 6. The average molecular weight is 463 g/mol. The van der Waals surface area contributed by atoms with Crippen LogP contribution in [0.4, 0.5) is 4.79 Å². The highest BCUT2D eigenvalue weighted by Crippen LogP contribution is 2.44. The van der Waals surface area contributed by atoms with Crippen LogP contribution in [0.15, 0.2) is 59.3 Å². The highest BCUT2D eigenvalue weighted by Gasteiger charge is 2.29. The van der Waals surface area contributed by atoms with Gasteiger partial charge in [0.25, 0.3) is 5.91 Å². The topological polar surface area (TPSA) is 131 Å². The van der Waals surface area contributed by atoms with Crippen molar-refractivity contribution in [1.82, 2.24) is 15.8 Å². The number of ether oxygens (including phenoxy) is 1. The Kier molecular flexibility index (Phi) is 7.22. The molecule has 9 heteroatoms. The summed E-state index contributed by atoms with van der Waals surface area (Å²) >= 11 is 0. The van der Waals surface area contributed by atoms with Gasteiger partial charge in [0.05, 0.1) is 6.54 Å². The van der Waals surface area contributed by atoms with Crippen molar-refractivity contribution in [2.45, 2.75) is 31.7 Å². The number of fused-ring (bicyclic) bond motifs is 3. The van der Waals surface area contributed by atoms with Gasteiger partial charge in [0.2, 0.25) is 0 Å². The molecule has 0 unspecified atom stereocenters. The van der Waals surface area contributed by atoms with Crippen LogP contribution in [0.5, 0.6) is 0 Å². The predicted octanol–water partition coefficient (Wildman–Crippen LogP) is 3.70. The van der Waals surface area contributed by atoms with Gasteiger partial charge in [-0.05, 0) is 35.1 Å². The second-order valence-electron chi connectivity index (χ2n) is 7.96. The smallest absolute Gasteiger partial charge is 0.407 e. The zero-order chi connectivity index (χ0) is 23.9. The Morgan fingerprint density at radius 1 is 0.971 bits per heavy atom. The van der Waals surface area contributed by atoms with Crippen molar-refractivity contribution in [3.8, 4) is 11.1 Å². The van der Waals surface area contributed by atoms with Gasteiger partial charge in [0.15, 0.2) is 0 Å². The zero-order valence-corrected chi connectivity index (χ0v) is 18.5. The van der Waals surface area contributed by atoms with E-state index in [1.807, 2.05) is 36.4 Å². The molecule has 0 saturated heterocycles. The first kappa shape index (κ1) is 23.0. The summed E-state index contributed by atoms with van der Waals surface area (Å²) < 4.78 is 10.4. The summed E-state index contributed by atoms with van der Waals surface area (Å²) in [5.41, 5.74) is 5.01. The van der Waals surface area contributed by atoms with Gasteiger partial charge in [-0.1, -0.05) is 53.7 Å². The second-order valence-corrected chi connectivity index (χ2v) is 7.96. The maximum absolute atomic E-state index is 12.4. The fourth-order valence-electron chi connectivity index (χ4n) is 4.08. The first-order valence-electron chi connectivity index (χ1n) is 11.1. The van der Waals surface area contributed by atoms with Crippen molar-refractivity contribution in [3.63, 3.8) is 0 Å². The van der Waals surface area contributed by atoms with Crippen molar-refractivity contribution in [2.24, 2.45) is 0 Å². The summed E-state index contributed by atoms with van der Waals surface area (Å²) in [7, 11) is 0. The molecule has 0 radical (unpaired) electrons. The largest absolute Gasteiger partial charge is 0.481 e. The minimum atomic E-state index is -0.869. The van der Waals surface area contributed by atoms with Crippen molar-refractivity contribution in [2.75, 3.05) is 13.2 Å². The van der Waals surface area contributed by atoms with Gasteiger partial charge in [-0.25, -0.2) is 4.79 Å². The lowest BCUT2D eigenvalue weighted by molar-refractivity contribution is -0.137. The van der Waals surface area contributed by atoms with Gasteiger partial charge in [-0.15, -0.1) is 0 Å². The molecule has 176 valence electrons. The molecular formula is C25H25N3O6. The number of aromatic nitrogens is 1. The van der Waals surface area contributed by atoms with Crippen molar-refractivity contribution >= 4 is 18.0 Å². The minimum absolute atomic E-state index is 0.0328. The third-order valence-corrected chi connectivity index (χ3v) is 5.74. The summed E-state index contributed by atoms with van der Waals surface area (Å²) in [5.74, 6) is -1.32. The average Bonchev–Trinajstić information content (AvgIpc) is 3.44. The molecule has 9 nitrogen and oxygen atoms in total. The third kappa shape index (κ3) is 5.25. The number of nitrogens with one attached hydrogen (secondary N) is 2. The van der Waals surface area contributed by atoms with E-state index in [9.17, 15) is 14.4 Å². The van der Waals surface area contributed by atoms with Crippen molar-refractivity contribution < 1.29 is 28.8 Å². The Balaban J connectivity index is 1.28. The van der Waals surface area contributed by atoms with Crippen LogP contribution in [0, 0.1) is 0 Å². The van der Waals surface area contributed by atoms with E-state index in [1.165, 1.54) is 6.26 Å². The van der Waals surface area contributed by atoms with Crippen LogP contribution in [0.25, 0.3) is 11.1 Å². The van der Waals surface area contributed by atoms with Gasteiger partial charge in [-0.3, -0.25) is 9.59 Å². The SMILES string of the molecule is O=C(O)CCCCNC(=O)c1conc1CNC(=O)OCC1c2ccccc2-c2ccccc21. The molecule has 0 atom stereocenters. The normalized spacial score (nSPS) is 12.0. The van der Waals surface area contributed by atoms with Crippen molar-refractivity contribution in [3.05, 3.63) is 77.2 Å². The molecule has 1 aromatic heterocycles. The molecule has 1 aliphatic carbocycles. The summed E-state index contributed by atoms with van der Waals surface area (Å²) in [5, 5.41) is 17.7. The predicted molar refractivity (Wildman–Crippen MR) is 122 cm³/mol. The molecule has 0 spiro atoms. The maximum atomic E-state index is 12.4. The van der Waals surface area contributed by atoms with Crippen LogP contribution >= 0.6 is 0 Å².